The molecule has 0 saturated carbocycles. The highest BCUT2D eigenvalue weighted by Gasteiger charge is 2.32. The Hall–Kier alpha value is -1.45. The van der Waals surface area contributed by atoms with Crippen LogP contribution in [0, 0.1) is 16.2 Å². The van der Waals surface area contributed by atoms with E-state index in [1.54, 1.807) is 20.8 Å². The minimum atomic E-state index is -1.40. The van der Waals surface area contributed by atoms with Crippen LogP contribution >= 0.6 is 0 Å². The molecule has 0 heterocycles. The molecule has 0 radical (unpaired) electrons. The molecule has 0 amide bonds. The van der Waals surface area contributed by atoms with E-state index in [9.17, 15) is 4.79 Å². The molecule has 0 aliphatic carbocycles. The van der Waals surface area contributed by atoms with Crippen LogP contribution in [0.2, 0.25) is 0 Å². The highest BCUT2D eigenvalue weighted by Crippen LogP contribution is 2.19. The second kappa shape index (κ2) is 4.17. The first-order valence-electron chi connectivity index (χ1n) is 4.21. The molecule has 0 rings (SSSR count). The van der Waals surface area contributed by atoms with Crippen molar-refractivity contribution in [3.05, 3.63) is 12.7 Å². The predicted molar refractivity (Wildman–Crippen MR) is 56.0 cm³/mol. The predicted octanol–water partition coefficient (Wildman–Crippen LogP) is 1.80. The molecule has 0 fully saturated rings. The maximum absolute atomic E-state index is 11.5. The zero-order valence-electron chi connectivity index (χ0n) is 8.76. The lowest BCUT2D eigenvalue weighted by atomic mass is 9.96. The molecule has 4 nitrogen and oxygen atoms in total. The van der Waals surface area contributed by atoms with Gasteiger partial charge in [-0.15, -0.1) is 0 Å². The lowest BCUT2D eigenvalue weighted by Gasteiger charge is -2.25. The van der Waals surface area contributed by atoms with Crippen molar-refractivity contribution < 1.29 is 9.53 Å². The third kappa shape index (κ3) is 2.80. The number of rotatable bonds is 4. The van der Waals surface area contributed by atoms with E-state index in [0.717, 1.165) is 12.4 Å². The van der Waals surface area contributed by atoms with Crippen LogP contribution in [-0.4, -0.2) is 24.0 Å². The average Bonchev–Trinajstić information content (AvgIpc) is 2.12. The van der Waals surface area contributed by atoms with Gasteiger partial charge in [-0.25, -0.2) is 0 Å². The van der Waals surface area contributed by atoms with Gasteiger partial charge in [0.25, 0.3) is 0 Å². The molecule has 0 atom stereocenters. The summed E-state index contributed by atoms with van der Waals surface area (Å²) in [5, 5.41) is 14.2. The smallest absolute Gasteiger partial charge is 0.312 e. The Labute approximate surface area is 84.0 Å². The van der Waals surface area contributed by atoms with E-state index < -0.39 is 17.0 Å². The number of carbonyl (C=O) groups excluding carboxylic acids is 1. The number of hydrogen-bond donors (Lipinski definition) is 2. The van der Waals surface area contributed by atoms with Crippen molar-refractivity contribution in [1.29, 1.82) is 10.8 Å². The zero-order valence-corrected chi connectivity index (χ0v) is 8.76. The Bertz CT molecular complexity index is 242. The van der Waals surface area contributed by atoms with Crippen LogP contribution in [-0.2, 0) is 9.53 Å². The van der Waals surface area contributed by atoms with Crippen molar-refractivity contribution >= 4 is 18.4 Å². The fourth-order valence-corrected chi connectivity index (χ4v) is 0.574. The quantitative estimate of drug-likeness (QED) is 0.408. The van der Waals surface area contributed by atoms with E-state index in [-0.39, 0.29) is 0 Å². The monoisotopic (exact) mass is 196 g/mol. The van der Waals surface area contributed by atoms with Gasteiger partial charge in [-0.05, 0) is 26.8 Å². The minimum Gasteiger partial charge on any atom is -0.443 e. The van der Waals surface area contributed by atoms with Crippen molar-refractivity contribution in [1.82, 2.24) is 0 Å². The van der Waals surface area contributed by atoms with Gasteiger partial charge in [-0.3, -0.25) is 4.79 Å². The lowest BCUT2D eigenvalue weighted by molar-refractivity contribution is -0.156. The highest BCUT2D eigenvalue weighted by molar-refractivity contribution is 5.96. The number of nitrogens with one attached hydrogen (secondary N) is 2. The molecule has 0 bridgehead atoms. The Morgan fingerprint density at radius 3 is 1.93 bits per heavy atom. The number of carbonyl (C=O) groups is 1. The van der Waals surface area contributed by atoms with Gasteiger partial charge in [0.2, 0.25) is 0 Å². The Morgan fingerprint density at radius 2 is 1.71 bits per heavy atom. The van der Waals surface area contributed by atoms with Gasteiger partial charge in [0.05, 0.1) is 5.41 Å². The summed E-state index contributed by atoms with van der Waals surface area (Å²) in [5.41, 5.74) is -2.05. The van der Waals surface area contributed by atoms with Crippen molar-refractivity contribution in [2.75, 3.05) is 0 Å². The van der Waals surface area contributed by atoms with Crippen molar-refractivity contribution in [3.63, 3.8) is 0 Å². The summed E-state index contributed by atoms with van der Waals surface area (Å²) in [6.07, 6.45) is 2.99. The van der Waals surface area contributed by atoms with Crippen molar-refractivity contribution in [3.8, 4) is 0 Å². The van der Waals surface area contributed by atoms with Gasteiger partial charge in [0, 0.05) is 12.4 Å². The number of ether oxygens (including phenoxy) is 1. The van der Waals surface area contributed by atoms with Crippen LogP contribution in [0.5, 0.6) is 0 Å². The molecule has 0 aromatic heterocycles. The minimum absolute atomic E-state index is 0.468. The first-order valence-corrected chi connectivity index (χ1v) is 4.21. The van der Waals surface area contributed by atoms with Gasteiger partial charge in [-0.2, -0.15) is 0 Å². The molecular formula is C10H16N2O2. The lowest BCUT2D eigenvalue weighted by Crippen LogP contribution is -2.39. The Balaban J connectivity index is 4.79. The fourth-order valence-electron chi connectivity index (χ4n) is 0.574. The normalized spacial score (nSPS) is 15.1. The fraction of sp³-hybridized carbons (Fsp3) is 0.500. The van der Waals surface area contributed by atoms with Crippen LogP contribution in [0.15, 0.2) is 12.7 Å². The van der Waals surface area contributed by atoms with Gasteiger partial charge >= 0.3 is 5.97 Å². The van der Waals surface area contributed by atoms with Gasteiger partial charge in [0.15, 0.2) is 5.60 Å². The van der Waals surface area contributed by atoms with Crippen molar-refractivity contribution in [2.45, 2.75) is 26.4 Å². The number of esters is 1. The molecule has 0 aliphatic rings. The highest BCUT2D eigenvalue weighted by atomic mass is 16.6. The molecule has 0 saturated heterocycles. The van der Waals surface area contributed by atoms with Crippen LogP contribution in [0.3, 0.4) is 0 Å². The average molecular weight is 196 g/mol. The van der Waals surface area contributed by atoms with Crippen LogP contribution in [0.1, 0.15) is 20.8 Å². The Kier molecular flexibility index (Phi) is 3.74. The second-order valence-corrected chi connectivity index (χ2v) is 3.99. The molecule has 0 unspecified atom stereocenters. The van der Waals surface area contributed by atoms with Gasteiger partial charge in [-0.1, -0.05) is 6.58 Å². The molecule has 0 aromatic rings. The van der Waals surface area contributed by atoms with E-state index in [0.29, 0.717) is 0 Å². The Morgan fingerprint density at radius 1 is 1.29 bits per heavy atom. The zero-order chi connectivity index (χ0) is 11.4. The van der Waals surface area contributed by atoms with Gasteiger partial charge < -0.3 is 15.6 Å². The molecule has 0 spiro atoms. The summed E-state index contributed by atoms with van der Waals surface area (Å²) in [5.74, 6) is -0.468. The van der Waals surface area contributed by atoms with Crippen molar-refractivity contribution in [2.24, 2.45) is 5.41 Å². The maximum Gasteiger partial charge on any atom is 0.312 e. The third-order valence-electron chi connectivity index (χ3n) is 1.65. The topological polar surface area (TPSA) is 74.0 Å². The SMILES string of the molecule is C=CC(C=N)(C=N)OC(=O)C(C)(C)C. The molecule has 14 heavy (non-hydrogen) atoms. The summed E-state index contributed by atoms with van der Waals surface area (Å²) in [7, 11) is 0. The second-order valence-electron chi connectivity index (χ2n) is 3.99. The summed E-state index contributed by atoms with van der Waals surface area (Å²) in [6, 6.07) is 0. The van der Waals surface area contributed by atoms with E-state index >= 15 is 0 Å². The van der Waals surface area contributed by atoms with E-state index in [4.69, 9.17) is 15.6 Å². The molecular weight excluding hydrogens is 180 g/mol. The largest absolute Gasteiger partial charge is 0.443 e. The summed E-state index contributed by atoms with van der Waals surface area (Å²) < 4.78 is 5.01. The summed E-state index contributed by atoms with van der Waals surface area (Å²) >= 11 is 0. The first kappa shape index (κ1) is 12.6. The molecule has 78 valence electrons. The summed E-state index contributed by atoms with van der Waals surface area (Å²) in [4.78, 5) is 11.5. The van der Waals surface area contributed by atoms with E-state index in [2.05, 4.69) is 6.58 Å². The number of hydrogen-bond acceptors (Lipinski definition) is 4. The third-order valence-corrected chi connectivity index (χ3v) is 1.65. The standard InChI is InChI=1S/C10H16N2O2/c1-5-10(6-11,7-12)14-8(13)9(2,3)4/h5-7,11-12H,1H2,2-4H3. The summed E-state index contributed by atoms with van der Waals surface area (Å²) in [6.45, 7) is 8.55. The molecule has 0 aliphatic heterocycles. The van der Waals surface area contributed by atoms with Crippen LogP contribution in [0.4, 0.5) is 0 Å². The first-order chi connectivity index (χ1) is 6.31. The van der Waals surface area contributed by atoms with Gasteiger partial charge in [0.1, 0.15) is 0 Å². The van der Waals surface area contributed by atoms with Crippen LogP contribution in [0.25, 0.3) is 0 Å². The molecule has 4 heteroatoms. The van der Waals surface area contributed by atoms with Crippen LogP contribution < -0.4 is 0 Å². The maximum atomic E-state index is 11.5. The molecule has 0 aromatic carbocycles. The van der Waals surface area contributed by atoms with E-state index in [1.807, 2.05) is 0 Å². The van der Waals surface area contributed by atoms with E-state index in [1.165, 1.54) is 6.08 Å². The molecule has 2 N–H and O–H groups in total.